The van der Waals surface area contributed by atoms with Gasteiger partial charge in [0.25, 0.3) is 0 Å². The van der Waals surface area contributed by atoms with Crippen LogP contribution in [-0.4, -0.2) is 44.2 Å². The zero-order chi connectivity index (χ0) is 17.3. The lowest BCUT2D eigenvalue weighted by atomic mass is 9.68. The number of aliphatic imine (C=N–C) groups is 1. The first-order valence-electron chi connectivity index (χ1n) is 9.23. The van der Waals surface area contributed by atoms with E-state index in [0.29, 0.717) is 35.9 Å². The second kappa shape index (κ2) is 8.42. The quantitative estimate of drug-likeness (QED) is 0.385. The van der Waals surface area contributed by atoms with E-state index in [1.54, 1.807) is 0 Å². The fourth-order valence-corrected chi connectivity index (χ4v) is 4.39. The predicted octanol–water partition coefficient (Wildman–Crippen LogP) is 4.07. The lowest BCUT2D eigenvalue weighted by molar-refractivity contribution is 0.151. The lowest BCUT2D eigenvalue weighted by Gasteiger charge is -2.38. The van der Waals surface area contributed by atoms with Crippen LogP contribution in [0.1, 0.15) is 37.7 Å². The van der Waals surface area contributed by atoms with Gasteiger partial charge in [0, 0.05) is 33.1 Å². The van der Waals surface area contributed by atoms with Crippen LogP contribution < -0.4 is 14.8 Å². The van der Waals surface area contributed by atoms with Crippen molar-refractivity contribution >= 4 is 41.5 Å². The monoisotopic (exact) mass is 491 g/mol. The minimum Gasteiger partial charge on any atom is -0.489 e. The molecule has 1 saturated carbocycles. The second-order valence-corrected chi connectivity index (χ2v) is 7.79. The number of rotatable bonds is 2. The Bertz CT molecular complexity index is 679. The predicted molar refractivity (Wildman–Crippen MR) is 115 cm³/mol. The van der Waals surface area contributed by atoms with Gasteiger partial charge in [0.2, 0.25) is 0 Å². The average molecular weight is 492 g/mol. The number of ether oxygens (including phenoxy) is 2. The van der Waals surface area contributed by atoms with Crippen LogP contribution in [0.25, 0.3) is 0 Å². The number of nitrogens with one attached hydrogen (secondary N) is 1. The maximum atomic E-state index is 6.39. The van der Waals surface area contributed by atoms with Crippen molar-refractivity contribution in [3.8, 4) is 11.5 Å². The molecule has 1 aromatic rings. The summed E-state index contributed by atoms with van der Waals surface area (Å²) < 4.78 is 11.5. The van der Waals surface area contributed by atoms with Gasteiger partial charge in [-0.05, 0) is 42.4 Å². The first-order valence-corrected chi connectivity index (χ1v) is 9.61. The molecule has 2 fully saturated rings. The number of fused-ring (bicyclic) bond motifs is 1. The molecule has 2 heterocycles. The maximum Gasteiger partial charge on any atom is 0.193 e. The van der Waals surface area contributed by atoms with Crippen molar-refractivity contribution in [2.75, 3.05) is 33.4 Å². The summed E-state index contributed by atoms with van der Waals surface area (Å²) in [7, 11) is 1.86. The molecule has 0 aromatic heterocycles. The van der Waals surface area contributed by atoms with Gasteiger partial charge in [-0.2, -0.15) is 0 Å². The van der Waals surface area contributed by atoms with Crippen LogP contribution in [0, 0.1) is 5.41 Å². The molecule has 2 aliphatic heterocycles. The van der Waals surface area contributed by atoms with E-state index >= 15 is 0 Å². The van der Waals surface area contributed by atoms with Crippen LogP contribution in [0.15, 0.2) is 17.1 Å². The van der Waals surface area contributed by atoms with Crippen LogP contribution in [0.2, 0.25) is 5.02 Å². The maximum absolute atomic E-state index is 6.39. The zero-order valence-electron chi connectivity index (χ0n) is 15.2. The molecule has 0 atom stereocenters. The normalized spacial score (nSPS) is 21.0. The van der Waals surface area contributed by atoms with Crippen LogP contribution >= 0.6 is 35.6 Å². The van der Waals surface area contributed by atoms with Gasteiger partial charge in [-0.3, -0.25) is 4.99 Å². The Morgan fingerprint density at radius 2 is 2.04 bits per heavy atom. The summed E-state index contributed by atoms with van der Waals surface area (Å²) in [4.78, 5) is 6.87. The lowest BCUT2D eigenvalue weighted by Crippen LogP contribution is -2.42. The van der Waals surface area contributed by atoms with Gasteiger partial charge in [-0.1, -0.05) is 18.0 Å². The van der Waals surface area contributed by atoms with Crippen molar-refractivity contribution in [2.24, 2.45) is 10.4 Å². The molecule has 0 amide bonds. The van der Waals surface area contributed by atoms with Gasteiger partial charge in [-0.25, -0.2) is 0 Å². The standard InChI is InChI=1S/C19H26ClN3O2.HI/c1-21-18(23-7-6-19(13-23)4-2-5-19)22-12-14-10-15(20)17-16(11-14)24-8-3-9-25-17;/h10-11H,2-9,12-13H2,1H3,(H,21,22);1H. The minimum absolute atomic E-state index is 0. The van der Waals surface area contributed by atoms with Crippen molar-refractivity contribution in [1.82, 2.24) is 10.2 Å². The topological polar surface area (TPSA) is 46.1 Å². The van der Waals surface area contributed by atoms with E-state index in [4.69, 9.17) is 21.1 Å². The fraction of sp³-hybridized carbons (Fsp3) is 0.632. The van der Waals surface area contributed by atoms with Gasteiger partial charge < -0.3 is 19.7 Å². The Labute approximate surface area is 177 Å². The van der Waals surface area contributed by atoms with Crippen LogP contribution in [0.5, 0.6) is 11.5 Å². The third-order valence-corrected chi connectivity index (χ3v) is 5.96. The summed E-state index contributed by atoms with van der Waals surface area (Å²) in [6.45, 7) is 4.22. The van der Waals surface area contributed by atoms with Gasteiger partial charge >= 0.3 is 0 Å². The Balaban J connectivity index is 0.00000196. The highest BCUT2D eigenvalue weighted by Gasteiger charge is 2.43. The van der Waals surface area contributed by atoms with E-state index in [-0.39, 0.29) is 24.0 Å². The molecular weight excluding hydrogens is 465 g/mol. The molecule has 0 radical (unpaired) electrons. The van der Waals surface area contributed by atoms with E-state index in [1.165, 1.54) is 25.7 Å². The molecule has 1 spiro atoms. The van der Waals surface area contributed by atoms with Gasteiger partial charge in [-0.15, -0.1) is 24.0 Å². The largest absolute Gasteiger partial charge is 0.489 e. The number of guanidine groups is 1. The Morgan fingerprint density at radius 1 is 1.23 bits per heavy atom. The summed E-state index contributed by atoms with van der Waals surface area (Å²) >= 11 is 6.39. The molecular formula is C19H27ClIN3O2. The molecule has 144 valence electrons. The van der Waals surface area contributed by atoms with Crippen LogP contribution in [0.4, 0.5) is 0 Å². The molecule has 1 N–H and O–H groups in total. The summed E-state index contributed by atoms with van der Waals surface area (Å²) in [5, 5.41) is 4.10. The minimum atomic E-state index is 0. The Kier molecular flexibility index (Phi) is 6.43. The number of hydrogen-bond donors (Lipinski definition) is 1. The summed E-state index contributed by atoms with van der Waals surface area (Å²) in [6, 6.07) is 3.97. The van der Waals surface area contributed by atoms with Crippen LogP contribution in [0.3, 0.4) is 0 Å². The third-order valence-electron chi connectivity index (χ3n) is 5.68. The molecule has 1 aromatic carbocycles. The van der Waals surface area contributed by atoms with Gasteiger partial charge in [0.15, 0.2) is 17.5 Å². The van der Waals surface area contributed by atoms with Gasteiger partial charge in [0.05, 0.1) is 18.2 Å². The SMILES string of the molecule is CN=C(NCc1cc(Cl)c2c(c1)OCCCO2)N1CCC2(CCC2)C1.I. The molecule has 1 saturated heterocycles. The van der Waals surface area contributed by atoms with E-state index in [9.17, 15) is 0 Å². The van der Waals surface area contributed by atoms with Crippen molar-refractivity contribution in [1.29, 1.82) is 0 Å². The zero-order valence-corrected chi connectivity index (χ0v) is 18.3. The smallest absolute Gasteiger partial charge is 0.193 e. The highest BCUT2D eigenvalue weighted by molar-refractivity contribution is 14.0. The van der Waals surface area contributed by atoms with Crippen molar-refractivity contribution in [3.05, 3.63) is 22.7 Å². The van der Waals surface area contributed by atoms with E-state index < -0.39 is 0 Å². The van der Waals surface area contributed by atoms with E-state index in [1.807, 2.05) is 19.2 Å². The summed E-state index contributed by atoms with van der Waals surface area (Å²) in [6.07, 6.45) is 6.30. The fourth-order valence-electron chi connectivity index (χ4n) is 4.10. The number of hydrogen-bond acceptors (Lipinski definition) is 3. The molecule has 5 nitrogen and oxygen atoms in total. The van der Waals surface area contributed by atoms with Crippen molar-refractivity contribution in [2.45, 2.75) is 38.6 Å². The highest BCUT2D eigenvalue weighted by atomic mass is 127. The molecule has 0 unspecified atom stereocenters. The summed E-state index contributed by atoms with van der Waals surface area (Å²) in [5.74, 6) is 2.39. The first kappa shape index (κ1) is 19.9. The second-order valence-electron chi connectivity index (χ2n) is 7.38. The van der Waals surface area contributed by atoms with E-state index in [2.05, 4.69) is 15.2 Å². The van der Waals surface area contributed by atoms with Gasteiger partial charge in [0.1, 0.15) is 0 Å². The third kappa shape index (κ3) is 4.01. The number of likely N-dealkylation sites (tertiary alicyclic amines) is 1. The molecule has 26 heavy (non-hydrogen) atoms. The molecule has 4 rings (SSSR count). The van der Waals surface area contributed by atoms with Crippen molar-refractivity contribution in [3.63, 3.8) is 0 Å². The highest BCUT2D eigenvalue weighted by Crippen LogP contribution is 2.47. The Hall–Kier alpha value is -0.890. The number of benzene rings is 1. The number of halogens is 2. The molecule has 3 aliphatic rings. The van der Waals surface area contributed by atoms with Crippen LogP contribution in [-0.2, 0) is 6.54 Å². The summed E-state index contributed by atoms with van der Waals surface area (Å²) in [5.41, 5.74) is 1.64. The van der Waals surface area contributed by atoms with Crippen molar-refractivity contribution < 1.29 is 9.47 Å². The van der Waals surface area contributed by atoms with E-state index in [0.717, 1.165) is 36.8 Å². The first-order chi connectivity index (χ1) is 12.2. The number of nitrogens with zero attached hydrogens (tertiary/aromatic N) is 2. The molecule has 7 heteroatoms. The Morgan fingerprint density at radius 3 is 2.73 bits per heavy atom. The average Bonchev–Trinajstić information content (AvgIpc) is 2.89. The molecule has 1 aliphatic carbocycles. The molecule has 0 bridgehead atoms.